The van der Waals surface area contributed by atoms with E-state index in [1.165, 1.54) is 17.7 Å². The number of allylic oxidation sites excluding steroid dienone is 1. The molecular formula is C7H12N2S. The van der Waals surface area contributed by atoms with E-state index in [1.54, 1.807) is 0 Å². The molecule has 1 unspecified atom stereocenters. The van der Waals surface area contributed by atoms with Crippen molar-refractivity contribution in [1.82, 2.24) is 0 Å². The molecule has 0 aliphatic carbocycles. The summed E-state index contributed by atoms with van der Waals surface area (Å²) >= 11 is 1.38. The molecule has 0 saturated carbocycles. The van der Waals surface area contributed by atoms with Crippen molar-refractivity contribution in [3.8, 4) is 0 Å². The van der Waals surface area contributed by atoms with E-state index in [4.69, 9.17) is 5.73 Å². The molecule has 1 heterocycles. The van der Waals surface area contributed by atoms with Gasteiger partial charge in [0, 0.05) is 17.7 Å². The fourth-order valence-electron chi connectivity index (χ4n) is 0.715. The monoisotopic (exact) mass is 156 g/mol. The molecule has 0 saturated heterocycles. The molecule has 1 aliphatic heterocycles. The highest BCUT2D eigenvalue weighted by Crippen LogP contribution is 2.20. The lowest BCUT2D eigenvalue weighted by molar-refractivity contribution is 0.789. The summed E-state index contributed by atoms with van der Waals surface area (Å²) in [5.41, 5.74) is 6.76. The second-order valence-corrected chi connectivity index (χ2v) is 3.40. The van der Waals surface area contributed by atoms with Gasteiger partial charge in [-0.25, -0.2) is 4.40 Å². The summed E-state index contributed by atoms with van der Waals surface area (Å²) < 4.78 is 4.23. The fraction of sp³-hybridized carbons (Fsp3) is 0.571. The summed E-state index contributed by atoms with van der Waals surface area (Å²) in [7, 11) is 0. The van der Waals surface area contributed by atoms with E-state index in [2.05, 4.69) is 11.3 Å². The zero-order chi connectivity index (χ0) is 7.56. The average Bonchev–Trinajstić information content (AvgIpc) is 2.04. The third kappa shape index (κ3) is 1.77. The maximum atomic E-state index is 5.58. The van der Waals surface area contributed by atoms with E-state index in [9.17, 15) is 0 Å². The summed E-state index contributed by atoms with van der Waals surface area (Å²) in [5, 5.41) is 0.823. The van der Waals surface area contributed by atoms with Crippen molar-refractivity contribution in [2.45, 2.75) is 20.3 Å². The van der Waals surface area contributed by atoms with Crippen LogP contribution in [0, 0.1) is 5.92 Å². The summed E-state index contributed by atoms with van der Waals surface area (Å²) in [4.78, 5) is 0. The first-order valence-electron chi connectivity index (χ1n) is 3.37. The highest BCUT2D eigenvalue weighted by Gasteiger charge is 2.07. The lowest BCUT2D eigenvalue weighted by Gasteiger charge is -2.03. The molecule has 0 aromatic rings. The third-order valence-electron chi connectivity index (χ3n) is 1.68. The molecule has 10 heavy (non-hydrogen) atoms. The van der Waals surface area contributed by atoms with Crippen LogP contribution in [-0.4, -0.2) is 5.71 Å². The topological polar surface area (TPSA) is 38.4 Å². The van der Waals surface area contributed by atoms with E-state index in [0.717, 1.165) is 11.4 Å². The van der Waals surface area contributed by atoms with Crippen LogP contribution in [0.15, 0.2) is 15.5 Å². The number of hydrogen-bond donors (Lipinski definition) is 1. The van der Waals surface area contributed by atoms with Crippen LogP contribution in [0.1, 0.15) is 20.3 Å². The average molecular weight is 156 g/mol. The predicted octanol–water partition coefficient (Wildman–Crippen LogP) is 1.94. The van der Waals surface area contributed by atoms with Gasteiger partial charge < -0.3 is 5.73 Å². The van der Waals surface area contributed by atoms with E-state index in [1.807, 2.05) is 13.0 Å². The molecule has 1 aliphatic rings. The Labute approximate surface area is 65.7 Å². The molecule has 56 valence electrons. The van der Waals surface area contributed by atoms with Crippen LogP contribution in [-0.2, 0) is 0 Å². The van der Waals surface area contributed by atoms with Crippen molar-refractivity contribution < 1.29 is 0 Å². The van der Waals surface area contributed by atoms with Crippen molar-refractivity contribution in [3.05, 3.63) is 11.1 Å². The van der Waals surface area contributed by atoms with Gasteiger partial charge in [-0.15, -0.1) is 0 Å². The Morgan fingerprint density at radius 3 is 3.20 bits per heavy atom. The minimum Gasteiger partial charge on any atom is -0.392 e. The van der Waals surface area contributed by atoms with E-state index < -0.39 is 0 Å². The van der Waals surface area contributed by atoms with Gasteiger partial charge in [-0.1, -0.05) is 13.0 Å². The summed E-state index contributed by atoms with van der Waals surface area (Å²) in [6.45, 7) is 4.21. The van der Waals surface area contributed by atoms with Gasteiger partial charge in [0.15, 0.2) is 0 Å². The van der Waals surface area contributed by atoms with E-state index in [0.29, 0.717) is 5.92 Å². The summed E-state index contributed by atoms with van der Waals surface area (Å²) in [6, 6.07) is 0. The SMILES string of the molecule is CC1=NSC(N)=CCC1C. The normalized spacial score (nSPS) is 26.8. The second-order valence-electron chi connectivity index (χ2n) is 2.57. The Morgan fingerprint density at radius 2 is 2.50 bits per heavy atom. The second kappa shape index (κ2) is 3.10. The highest BCUT2D eigenvalue weighted by molar-refractivity contribution is 8.01. The van der Waals surface area contributed by atoms with Gasteiger partial charge in [-0.3, -0.25) is 0 Å². The molecule has 0 amide bonds. The number of rotatable bonds is 0. The molecular weight excluding hydrogens is 144 g/mol. The zero-order valence-electron chi connectivity index (χ0n) is 6.29. The quantitative estimate of drug-likeness (QED) is 0.544. The molecule has 0 aromatic heterocycles. The number of nitrogens with two attached hydrogens (primary N) is 1. The molecule has 1 rings (SSSR count). The van der Waals surface area contributed by atoms with Gasteiger partial charge in [0.25, 0.3) is 0 Å². The molecule has 0 radical (unpaired) electrons. The molecule has 3 heteroatoms. The third-order valence-corrected chi connectivity index (χ3v) is 2.44. The Kier molecular flexibility index (Phi) is 2.38. The predicted molar refractivity (Wildman–Crippen MR) is 46.8 cm³/mol. The lowest BCUT2D eigenvalue weighted by Crippen LogP contribution is -2.03. The molecule has 2 nitrogen and oxygen atoms in total. The smallest absolute Gasteiger partial charge is 0.0846 e. The van der Waals surface area contributed by atoms with Crippen LogP contribution in [0.4, 0.5) is 0 Å². The largest absolute Gasteiger partial charge is 0.392 e. The first-order chi connectivity index (χ1) is 4.70. The van der Waals surface area contributed by atoms with E-state index >= 15 is 0 Å². The number of hydrogen-bond acceptors (Lipinski definition) is 3. The van der Waals surface area contributed by atoms with Crippen molar-refractivity contribution in [2.75, 3.05) is 0 Å². The molecule has 0 spiro atoms. The van der Waals surface area contributed by atoms with Gasteiger partial charge in [0.05, 0.1) is 5.03 Å². The first kappa shape index (κ1) is 7.66. The Balaban J connectivity index is 2.69. The van der Waals surface area contributed by atoms with Crippen molar-refractivity contribution >= 4 is 17.7 Å². The molecule has 0 bridgehead atoms. The lowest BCUT2D eigenvalue weighted by atomic mass is 10.0. The van der Waals surface area contributed by atoms with Crippen LogP contribution in [0.2, 0.25) is 0 Å². The minimum atomic E-state index is 0.550. The van der Waals surface area contributed by atoms with Crippen LogP contribution in [0.25, 0.3) is 0 Å². The van der Waals surface area contributed by atoms with E-state index in [-0.39, 0.29) is 0 Å². The van der Waals surface area contributed by atoms with Gasteiger partial charge >= 0.3 is 0 Å². The van der Waals surface area contributed by atoms with Gasteiger partial charge in [0.1, 0.15) is 0 Å². The summed E-state index contributed by atoms with van der Waals surface area (Å²) in [5.74, 6) is 0.550. The minimum absolute atomic E-state index is 0.550. The Morgan fingerprint density at radius 1 is 1.80 bits per heavy atom. The molecule has 0 fully saturated rings. The maximum Gasteiger partial charge on any atom is 0.0846 e. The molecule has 2 N–H and O–H groups in total. The van der Waals surface area contributed by atoms with Gasteiger partial charge in [-0.05, 0) is 19.3 Å². The Hall–Kier alpha value is -0.440. The standard InChI is InChI=1S/C7H12N2S/c1-5-3-4-7(8)10-9-6(5)2/h4-5H,3,8H2,1-2H3. The zero-order valence-corrected chi connectivity index (χ0v) is 7.11. The van der Waals surface area contributed by atoms with Crippen LogP contribution in [0.5, 0.6) is 0 Å². The maximum absolute atomic E-state index is 5.58. The number of nitrogens with zero attached hydrogens (tertiary/aromatic N) is 1. The van der Waals surface area contributed by atoms with Crippen molar-refractivity contribution in [2.24, 2.45) is 16.0 Å². The summed E-state index contributed by atoms with van der Waals surface area (Å²) in [6.07, 6.45) is 3.06. The van der Waals surface area contributed by atoms with Crippen molar-refractivity contribution in [3.63, 3.8) is 0 Å². The highest BCUT2D eigenvalue weighted by atomic mass is 32.2. The van der Waals surface area contributed by atoms with Crippen LogP contribution >= 0.6 is 11.9 Å². The fourth-order valence-corrected chi connectivity index (χ4v) is 1.32. The van der Waals surface area contributed by atoms with Crippen molar-refractivity contribution in [1.29, 1.82) is 0 Å². The molecule has 1 atom stereocenters. The Bertz CT molecular complexity index is 184. The first-order valence-corrected chi connectivity index (χ1v) is 4.14. The molecule has 0 aromatic carbocycles. The van der Waals surface area contributed by atoms with Crippen LogP contribution in [0.3, 0.4) is 0 Å². The van der Waals surface area contributed by atoms with Gasteiger partial charge in [0.2, 0.25) is 0 Å². The van der Waals surface area contributed by atoms with Gasteiger partial charge in [-0.2, -0.15) is 0 Å². The van der Waals surface area contributed by atoms with Crippen LogP contribution < -0.4 is 5.73 Å².